The number of carbonyl (C=O) groups is 1. The summed E-state index contributed by atoms with van der Waals surface area (Å²) in [4.78, 5) is 27.5. The van der Waals surface area contributed by atoms with Gasteiger partial charge in [0.05, 0.1) is 17.5 Å². The molecule has 2 aromatic rings. The van der Waals surface area contributed by atoms with Crippen molar-refractivity contribution in [3.8, 4) is 5.88 Å². The topological polar surface area (TPSA) is 71.0 Å². The van der Waals surface area contributed by atoms with Gasteiger partial charge in [0, 0.05) is 51.5 Å². The zero-order valence-electron chi connectivity index (χ0n) is 17.3. The van der Waals surface area contributed by atoms with Gasteiger partial charge >= 0.3 is 0 Å². The monoisotopic (exact) mass is 411 g/mol. The summed E-state index contributed by atoms with van der Waals surface area (Å²) in [6.07, 6.45) is 5.36. The first-order valence-electron chi connectivity index (χ1n) is 11.0. The number of aromatic nitrogens is 2. The molecule has 3 fully saturated rings. The molecule has 0 N–H and O–H groups in total. The Morgan fingerprint density at radius 1 is 1.07 bits per heavy atom. The van der Waals surface area contributed by atoms with E-state index in [-0.39, 0.29) is 12.5 Å². The summed E-state index contributed by atoms with van der Waals surface area (Å²) in [5.41, 5.74) is 2.12. The lowest BCUT2D eigenvalue weighted by atomic mass is 9.96. The molecule has 3 heterocycles. The van der Waals surface area contributed by atoms with Crippen molar-refractivity contribution in [3.63, 3.8) is 0 Å². The van der Waals surface area contributed by atoms with Crippen LogP contribution in [0.4, 0.5) is 5.69 Å². The fourth-order valence-electron chi connectivity index (χ4n) is 4.24. The second-order valence-electron chi connectivity index (χ2n) is 8.31. The molecular formula is C22H29N5O3. The molecule has 1 aromatic carbocycles. The molecule has 0 unspecified atom stereocenters. The number of rotatable bonds is 6. The van der Waals surface area contributed by atoms with Gasteiger partial charge in [-0.2, -0.15) is 0 Å². The SMILES string of the molecule is O=C1COCCN1CCN1CCN(c2ccc3ncnc(OC4CCC4)c3c2)CC1. The van der Waals surface area contributed by atoms with Gasteiger partial charge in [-0.05, 0) is 37.5 Å². The van der Waals surface area contributed by atoms with Crippen molar-refractivity contribution < 1.29 is 14.3 Å². The third-order valence-corrected chi connectivity index (χ3v) is 6.42. The summed E-state index contributed by atoms with van der Waals surface area (Å²) in [7, 11) is 0. The van der Waals surface area contributed by atoms with E-state index in [2.05, 4.69) is 38.0 Å². The van der Waals surface area contributed by atoms with Crippen LogP contribution < -0.4 is 9.64 Å². The zero-order valence-corrected chi connectivity index (χ0v) is 17.3. The van der Waals surface area contributed by atoms with Crippen LogP contribution in [0.1, 0.15) is 19.3 Å². The van der Waals surface area contributed by atoms with Crippen molar-refractivity contribution in [2.24, 2.45) is 0 Å². The van der Waals surface area contributed by atoms with Gasteiger partial charge in [-0.25, -0.2) is 9.97 Å². The minimum Gasteiger partial charge on any atom is -0.474 e. The van der Waals surface area contributed by atoms with Gasteiger partial charge in [-0.3, -0.25) is 9.69 Å². The van der Waals surface area contributed by atoms with Crippen LogP contribution in [0.5, 0.6) is 5.88 Å². The highest BCUT2D eigenvalue weighted by Gasteiger charge is 2.23. The lowest BCUT2D eigenvalue weighted by Crippen LogP contribution is -2.50. The van der Waals surface area contributed by atoms with Gasteiger partial charge in [0.15, 0.2) is 0 Å². The van der Waals surface area contributed by atoms with Gasteiger partial charge in [0.25, 0.3) is 0 Å². The Bertz CT molecular complexity index is 895. The lowest BCUT2D eigenvalue weighted by molar-refractivity contribution is -0.142. The molecule has 1 saturated carbocycles. The third-order valence-electron chi connectivity index (χ3n) is 6.42. The maximum atomic E-state index is 11.9. The molecule has 8 nitrogen and oxygen atoms in total. The van der Waals surface area contributed by atoms with Crippen molar-refractivity contribution in [2.45, 2.75) is 25.4 Å². The standard InChI is InChI=1S/C22H29N5O3/c28-21-15-29-13-12-27(21)11-8-25-6-9-26(10-7-25)17-4-5-20-19(14-17)22(24-16-23-20)30-18-2-1-3-18/h4-5,14,16,18H,1-3,6-13,15H2. The number of carbonyl (C=O) groups excluding carboxylic acids is 1. The summed E-state index contributed by atoms with van der Waals surface area (Å²) >= 11 is 0. The third kappa shape index (κ3) is 4.20. The summed E-state index contributed by atoms with van der Waals surface area (Å²) in [5, 5.41) is 0.996. The van der Waals surface area contributed by atoms with E-state index >= 15 is 0 Å². The molecule has 30 heavy (non-hydrogen) atoms. The van der Waals surface area contributed by atoms with Gasteiger partial charge in [-0.15, -0.1) is 0 Å². The first-order chi connectivity index (χ1) is 14.8. The highest BCUT2D eigenvalue weighted by Crippen LogP contribution is 2.31. The molecule has 8 heteroatoms. The van der Waals surface area contributed by atoms with Crippen molar-refractivity contribution >= 4 is 22.5 Å². The first kappa shape index (κ1) is 19.5. The fourth-order valence-corrected chi connectivity index (χ4v) is 4.24. The Kier molecular flexibility index (Phi) is 5.68. The second-order valence-corrected chi connectivity index (χ2v) is 8.31. The molecule has 2 aliphatic heterocycles. The quantitative estimate of drug-likeness (QED) is 0.714. The summed E-state index contributed by atoms with van der Waals surface area (Å²) < 4.78 is 11.3. The smallest absolute Gasteiger partial charge is 0.248 e. The molecule has 1 aromatic heterocycles. The van der Waals surface area contributed by atoms with E-state index in [4.69, 9.17) is 9.47 Å². The number of hydrogen-bond acceptors (Lipinski definition) is 7. The van der Waals surface area contributed by atoms with E-state index in [0.29, 0.717) is 25.1 Å². The summed E-state index contributed by atoms with van der Waals surface area (Å²) in [6, 6.07) is 6.38. The van der Waals surface area contributed by atoms with Crippen molar-refractivity contribution in [1.29, 1.82) is 0 Å². The number of ether oxygens (including phenoxy) is 2. The number of amides is 1. The predicted octanol–water partition coefficient (Wildman–Crippen LogP) is 1.54. The van der Waals surface area contributed by atoms with Crippen LogP contribution in [0.3, 0.4) is 0 Å². The Balaban J connectivity index is 1.20. The van der Waals surface area contributed by atoms with E-state index in [1.165, 1.54) is 12.1 Å². The van der Waals surface area contributed by atoms with Gasteiger partial charge < -0.3 is 19.3 Å². The van der Waals surface area contributed by atoms with Crippen molar-refractivity contribution in [1.82, 2.24) is 19.8 Å². The number of piperazine rings is 1. The number of fused-ring (bicyclic) bond motifs is 1. The zero-order chi connectivity index (χ0) is 20.3. The molecule has 3 aliphatic rings. The summed E-state index contributed by atoms with van der Waals surface area (Å²) in [6.45, 7) is 7.22. The lowest BCUT2D eigenvalue weighted by Gasteiger charge is -2.37. The average Bonchev–Trinajstić information content (AvgIpc) is 2.76. The number of hydrogen-bond donors (Lipinski definition) is 0. The molecule has 160 valence electrons. The van der Waals surface area contributed by atoms with E-state index in [9.17, 15) is 4.79 Å². The van der Waals surface area contributed by atoms with Gasteiger partial charge in [0.1, 0.15) is 19.0 Å². The molecule has 5 rings (SSSR count). The molecule has 0 atom stereocenters. The highest BCUT2D eigenvalue weighted by molar-refractivity contribution is 5.86. The van der Waals surface area contributed by atoms with E-state index < -0.39 is 0 Å². The Labute approximate surface area is 176 Å². The maximum Gasteiger partial charge on any atom is 0.248 e. The van der Waals surface area contributed by atoms with Crippen LogP contribution in [0.25, 0.3) is 10.9 Å². The van der Waals surface area contributed by atoms with Gasteiger partial charge in [0.2, 0.25) is 11.8 Å². The number of morpholine rings is 1. The molecule has 0 radical (unpaired) electrons. The summed E-state index contributed by atoms with van der Waals surface area (Å²) in [5.74, 6) is 0.818. The molecule has 1 amide bonds. The molecule has 1 aliphatic carbocycles. The largest absolute Gasteiger partial charge is 0.474 e. The fraction of sp³-hybridized carbons (Fsp3) is 0.591. The maximum absolute atomic E-state index is 11.9. The van der Waals surface area contributed by atoms with Crippen LogP contribution >= 0.6 is 0 Å². The Hall–Kier alpha value is -2.45. The molecule has 0 bridgehead atoms. The minimum absolute atomic E-state index is 0.109. The molecular weight excluding hydrogens is 382 g/mol. The van der Waals surface area contributed by atoms with Crippen LogP contribution in [0.15, 0.2) is 24.5 Å². The molecule has 0 spiro atoms. The van der Waals surface area contributed by atoms with E-state index in [1.807, 2.05) is 4.90 Å². The Morgan fingerprint density at radius 3 is 2.70 bits per heavy atom. The highest BCUT2D eigenvalue weighted by atomic mass is 16.5. The normalized spacial score (nSPS) is 21.1. The van der Waals surface area contributed by atoms with E-state index in [0.717, 1.165) is 63.0 Å². The number of anilines is 1. The average molecular weight is 412 g/mol. The minimum atomic E-state index is 0.109. The number of nitrogens with zero attached hydrogens (tertiary/aromatic N) is 5. The van der Waals surface area contributed by atoms with Crippen LogP contribution in [0, 0.1) is 0 Å². The first-order valence-corrected chi connectivity index (χ1v) is 11.0. The number of benzene rings is 1. The molecule has 2 saturated heterocycles. The van der Waals surface area contributed by atoms with Crippen molar-refractivity contribution in [2.75, 3.05) is 63.9 Å². The van der Waals surface area contributed by atoms with Gasteiger partial charge in [-0.1, -0.05) is 0 Å². The predicted molar refractivity (Wildman–Crippen MR) is 114 cm³/mol. The van der Waals surface area contributed by atoms with Crippen LogP contribution in [-0.2, 0) is 9.53 Å². The second kappa shape index (κ2) is 8.73. The van der Waals surface area contributed by atoms with Crippen LogP contribution in [-0.4, -0.2) is 90.8 Å². The Morgan fingerprint density at radius 2 is 1.93 bits per heavy atom. The van der Waals surface area contributed by atoms with Crippen molar-refractivity contribution in [3.05, 3.63) is 24.5 Å². The van der Waals surface area contributed by atoms with E-state index in [1.54, 1.807) is 6.33 Å². The van der Waals surface area contributed by atoms with Crippen LogP contribution in [0.2, 0.25) is 0 Å².